The molecule has 6 heteroatoms. The molecular weight excluding hydrogens is 299 g/mol. The Kier molecular flexibility index (Phi) is 5.18. The molecule has 2 rings (SSSR count). The van der Waals surface area contributed by atoms with Crippen LogP contribution in [0, 0.1) is 19.7 Å². The molecule has 0 aliphatic heterocycles. The molecule has 2 aromatic rings. The number of carbonyl (C=O) groups is 1. The van der Waals surface area contributed by atoms with Crippen LogP contribution in [0.15, 0.2) is 36.4 Å². The number of urea groups is 1. The van der Waals surface area contributed by atoms with Gasteiger partial charge in [0.2, 0.25) is 0 Å². The van der Waals surface area contributed by atoms with Crippen LogP contribution in [0.25, 0.3) is 0 Å². The normalized spacial score (nSPS) is 10.3. The van der Waals surface area contributed by atoms with Crippen molar-refractivity contribution in [1.29, 1.82) is 0 Å². The summed E-state index contributed by atoms with van der Waals surface area (Å²) in [6.45, 7) is 3.91. The second-order valence-electron chi connectivity index (χ2n) is 5.17. The Morgan fingerprint density at radius 1 is 1.30 bits per heavy atom. The van der Waals surface area contributed by atoms with Gasteiger partial charge >= 0.3 is 6.03 Å². The lowest BCUT2D eigenvalue weighted by molar-refractivity contribution is 0.204. The molecule has 0 fully saturated rings. The largest absolute Gasteiger partial charge is 0.489 e. The number of hydroxylamine groups is 1. The summed E-state index contributed by atoms with van der Waals surface area (Å²) in [6, 6.07) is 9.15. The lowest BCUT2D eigenvalue weighted by atomic mass is 10.1. The third-order valence-electron chi connectivity index (χ3n) is 3.40. The Bertz CT molecular complexity index is 719. The van der Waals surface area contributed by atoms with Crippen molar-refractivity contribution in [3.8, 4) is 5.75 Å². The average molecular weight is 318 g/mol. The fourth-order valence-corrected chi connectivity index (χ4v) is 2.24. The molecule has 0 bridgehead atoms. The lowest BCUT2D eigenvalue weighted by Gasteiger charge is -2.19. The molecular formula is C17H19FN2O3. The van der Waals surface area contributed by atoms with Crippen LogP contribution >= 0.6 is 0 Å². The van der Waals surface area contributed by atoms with Crippen LogP contribution < -0.4 is 15.1 Å². The number of nitrogens with one attached hydrogen (secondary N) is 1. The summed E-state index contributed by atoms with van der Waals surface area (Å²) in [7, 11) is 1.35. The summed E-state index contributed by atoms with van der Waals surface area (Å²) in [5.41, 5.74) is 2.20. The molecule has 23 heavy (non-hydrogen) atoms. The summed E-state index contributed by atoms with van der Waals surface area (Å²) in [5.74, 6) is -0.0481. The van der Waals surface area contributed by atoms with E-state index < -0.39 is 11.8 Å². The Labute approximate surface area is 134 Å². The molecule has 0 spiro atoms. The quantitative estimate of drug-likeness (QED) is 0.669. The van der Waals surface area contributed by atoms with Gasteiger partial charge in [0.1, 0.15) is 23.9 Å². The van der Waals surface area contributed by atoms with Crippen molar-refractivity contribution in [2.45, 2.75) is 20.5 Å². The molecule has 2 N–H and O–H groups in total. The second-order valence-corrected chi connectivity index (χ2v) is 5.17. The van der Waals surface area contributed by atoms with E-state index in [0.29, 0.717) is 11.3 Å². The van der Waals surface area contributed by atoms with Crippen LogP contribution in [-0.4, -0.2) is 18.3 Å². The maximum Gasteiger partial charge on any atom is 0.345 e. The predicted molar refractivity (Wildman–Crippen MR) is 85.4 cm³/mol. The molecule has 2 aromatic carbocycles. The number of hydrogen-bond donors (Lipinski definition) is 2. The molecule has 0 unspecified atom stereocenters. The minimum atomic E-state index is -0.831. The van der Waals surface area contributed by atoms with Gasteiger partial charge in [-0.25, -0.2) is 9.18 Å². The maximum absolute atomic E-state index is 14.0. The zero-order valence-corrected chi connectivity index (χ0v) is 13.3. The highest BCUT2D eigenvalue weighted by molar-refractivity contribution is 5.90. The van der Waals surface area contributed by atoms with Crippen molar-refractivity contribution in [3.05, 3.63) is 58.9 Å². The monoisotopic (exact) mass is 318 g/mol. The van der Waals surface area contributed by atoms with E-state index in [2.05, 4.69) is 5.32 Å². The molecule has 122 valence electrons. The Hall–Kier alpha value is -2.60. The third kappa shape index (κ3) is 3.78. The average Bonchev–Trinajstić information content (AvgIpc) is 2.52. The molecule has 0 aromatic heterocycles. The Balaban J connectivity index is 2.26. The van der Waals surface area contributed by atoms with Gasteiger partial charge in [-0.1, -0.05) is 29.8 Å². The fraction of sp³-hybridized carbons (Fsp3) is 0.235. The SMILES string of the molecule is CNC(=O)N(O)c1c(F)cccc1COc1ccc(C)cc1C. The molecule has 2 amide bonds. The first-order valence-electron chi connectivity index (χ1n) is 7.12. The van der Waals surface area contributed by atoms with Gasteiger partial charge in [0.15, 0.2) is 0 Å². The fourth-order valence-electron chi connectivity index (χ4n) is 2.24. The third-order valence-corrected chi connectivity index (χ3v) is 3.40. The molecule has 0 saturated carbocycles. The molecule has 0 aliphatic carbocycles. The minimum absolute atomic E-state index is 0.0189. The van der Waals surface area contributed by atoms with Gasteiger partial charge in [-0.3, -0.25) is 5.21 Å². The smallest absolute Gasteiger partial charge is 0.345 e. The van der Waals surface area contributed by atoms with Gasteiger partial charge in [0.05, 0.1) is 0 Å². The molecule has 0 radical (unpaired) electrons. The van der Waals surface area contributed by atoms with Crippen molar-refractivity contribution in [2.24, 2.45) is 0 Å². The number of anilines is 1. The Morgan fingerprint density at radius 2 is 2.04 bits per heavy atom. The van der Waals surface area contributed by atoms with Gasteiger partial charge in [0, 0.05) is 12.6 Å². The minimum Gasteiger partial charge on any atom is -0.489 e. The van der Waals surface area contributed by atoms with Crippen LogP contribution in [0.2, 0.25) is 0 Å². The number of hydrogen-bond acceptors (Lipinski definition) is 3. The van der Waals surface area contributed by atoms with Gasteiger partial charge < -0.3 is 10.1 Å². The van der Waals surface area contributed by atoms with E-state index in [1.807, 2.05) is 32.0 Å². The summed E-state index contributed by atoms with van der Waals surface area (Å²) < 4.78 is 19.7. The van der Waals surface area contributed by atoms with Crippen LogP contribution in [0.5, 0.6) is 5.75 Å². The van der Waals surface area contributed by atoms with E-state index in [1.54, 1.807) is 6.07 Å². The number of amides is 2. The standard InChI is InChI=1S/C17H19FN2O3/c1-11-7-8-15(12(2)9-11)23-10-13-5-4-6-14(18)16(13)20(22)17(21)19-3/h4-9,22H,10H2,1-3H3,(H,19,21). The first-order chi connectivity index (χ1) is 10.9. The molecule has 0 atom stereocenters. The summed E-state index contributed by atoms with van der Waals surface area (Å²) >= 11 is 0. The van der Waals surface area contributed by atoms with Gasteiger partial charge in [-0.05, 0) is 31.5 Å². The number of carbonyl (C=O) groups excluding carboxylic acids is 1. The first kappa shape index (κ1) is 16.8. The van der Waals surface area contributed by atoms with E-state index in [0.717, 1.165) is 11.1 Å². The highest BCUT2D eigenvalue weighted by Gasteiger charge is 2.20. The highest BCUT2D eigenvalue weighted by Crippen LogP contribution is 2.26. The van der Waals surface area contributed by atoms with Crippen LogP contribution in [0.1, 0.15) is 16.7 Å². The number of para-hydroxylation sites is 1. The van der Waals surface area contributed by atoms with Crippen molar-refractivity contribution in [2.75, 3.05) is 12.1 Å². The van der Waals surface area contributed by atoms with Crippen LogP contribution in [0.4, 0.5) is 14.9 Å². The molecule has 5 nitrogen and oxygen atoms in total. The lowest BCUT2D eigenvalue weighted by Crippen LogP contribution is -2.36. The topological polar surface area (TPSA) is 61.8 Å². The van der Waals surface area contributed by atoms with Gasteiger partial charge in [-0.2, -0.15) is 5.06 Å². The zero-order valence-electron chi connectivity index (χ0n) is 13.3. The zero-order chi connectivity index (χ0) is 17.0. The van der Waals surface area contributed by atoms with E-state index >= 15 is 0 Å². The van der Waals surface area contributed by atoms with E-state index in [9.17, 15) is 14.4 Å². The van der Waals surface area contributed by atoms with E-state index in [1.165, 1.54) is 19.2 Å². The highest BCUT2D eigenvalue weighted by atomic mass is 19.1. The summed E-state index contributed by atoms with van der Waals surface area (Å²) in [5, 5.41) is 12.3. The van der Waals surface area contributed by atoms with Crippen LogP contribution in [-0.2, 0) is 6.61 Å². The van der Waals surface area contributed by atoms with Gasteiger partial charge in [0.25, 0.3) is 0 Å². The maximum atomic E-state index is 14.0. The number of aryl methyl sites for hydroxylation is 2. The number of rotatable bonds is 4. The van der Waals surface area contributed by atoms with Gasteiger partial charge in [-0.15, -0.1) is 0 Å². The predicted octanol–water partition coefficient (Wildman–Crippen LogP) is 3.56. The summed E-state index contributed by atoms with van der Waals surface area (Å²) in [4.78, 5) is 11.5. The van der Waals surface area contributed by atoms with Crippen molar-refractivity contribution in [3.63, 3.8) is 0 Å². The van der Waals surface area contributed by atoms with Crippen LogP contribution in [0.3, 0.4) is 0 Å². The Morgan fingerprint density at radius 3 is 2.70 bits per heavy atom. The van der Waals surface area contributed by atoms with Crippen molar-refractivity contribution in [1.82, 2.24) is 5.32 Å². The van der Waals surface area contributed by atoms with Crippen molar-refractivity contribution < 1.29 is 19.1 Å². The number of benzene rings is 2. The van der Waals surface area contributed by atoms with E-state index in [4.69, 9.17) is 4.74 Å². The second kappa shape index (κ2) is 7.11. The first-order valence-corrected chi connectivity index (χ1v) is 7.12. The van der Waals surface area contributed by atoms with Crippen molar-refractivity contribution >= 4 is 11.7 Å². The summed E-state index contributed by atoms with van der Waals surface area (Å²) in [6.07, 6.45) is 0. The molecule has 0 aliphatic rings. The molecule has 0 saturated heterocycles. The van der Waals surface area contributed by atoms with E-state index in [-0.39, 0.29) is 17.4 Å². The number of nitrogens with zero attached hydrogens (tertiary/aromatic N) is 1. The number of halogens is 1. The molecule has 0 heterocycles. The number of ether oxygens (including phenoxy) is 1.